The highest BCUT2D eigenvalue weighted by Crippen LogP contribution is 1.93. The molecule has 0 aliphatic carbocycles. The van der Waals surface area contributed by atoms with Crippen LogP contribution in [0.25, 0.3) is 0 Å². The third-order valence-electron chi connectivity index (χ3n) is 2.19. The van der Waals surface area contributed by atoms with Gasteiger partial charge in [0.15, 0.2) is 0 Å². The van der Waals surface area contributed by atoms with E-state index in [4.69, 9.17) is 14.6 Å². The monoisotopic (exact) mass is 274 g/mol. The predicted molar refractivity (Wildman–Crippen MR) is 70.1 cm³/mol. The fourth-order valence-electron chi connectivity index (χ4n) is 1.22. The van der Waals surface area contributed by atoms with Crippen LogP contribution in [0.2, 0.25) is 0 Å². The summed E-state index contributed by atoms with van der Waals surface area (Å²) in [5.74, 6) is -1.09. The molecule has 0 saturated carbocycles. The zero-order valence-electron chi connectivity index (χ0n) is 11.2. The maximum Gasteiger partial charge on any atom is 0.326 e. The summed E-state index contributed by atoms with van der Waals surface area (Å²) in [4.78, 5) is 22.2. The zero-order valence-corrected chi connectivity index (χ0v) is 11.2. The van der Waals surface area contributed by atoms with Crippen LogP contribution in [-0.2, 0) is 14.3 Å². The minimum Gasteiger partial charge on any atom is -0.480 e. The standard InChI is InChI=1S/C12H22N2O5/c1-3-5-10(11(15)16)14-12(17)13-6-4-7-19-9-8-18-2/h3,10H,1,4-9H2,2H3,(H,15,16)(H2,13,14,17). The molecule has 0 radical (unpaired) electrons. The Morgan fingerprint density at radius 2 is 2.11 bits per heavy atom. The highest BCUT2D eigenvalue weighted by Gasteiger charge is 2.17. The fourth-order valence-corrected chi connectivity index (χ4v) is 1.22. The number of nitrogens with one attached hydrogen (secondary N) is 2. The summed E-state index contributed by atoms with van der Waals surface area (Å²) in [7, 11) is 1.59. The van der Waals surface area contributed by atoms with Gasteiger partial charge in [0, 0.05) is 20.3 Å². The van der Waals surface area contributed by atoms with Crippen LogP contribution in [-0.4, -0.2) is 56.6 Å². The molecule has 0 aromatic carbocycles. The molecule has 0 aromatic rings. The van der Waals surface area contributed by atoms with Gasteiger partial charge in [-0.1, -0.05) is 6.08 Å². The van der Waals surface area contributed by atoms with Gasteiger partial charge in [-0.25, -0.2) is 9.59 Å². The molecule has 0 fully saturated rings. The van der Waals surface area contributed by atoms with Crippen LogP contribution >= 0.6 is 0 Å². The lowest BCUT2D eigenvalue weighted by Gasteiger charge is -2.13. The molecule has 0 heterocycles. The van der Waals surface area contributed by atoms with Crippen LogP contribution in [0.4, 0.5) is 4.79 Å². The van der Waals surface area contributed by atoms with Gasteiger partial charge in [-0.3, -0.25) is 0 Å². The summed E-state index contributed by atoms with van der Waals surface area (Å²) in [6, 6.07) is -1.46. The van der Waals surface area contributed by atoms with Crippen molar-refractivity contribution < 1.29 is 24.2 Å². The normalized spacial score (nSPS) is 11.6. The third kappa shape index (κ3) is 10.0. The summed E-state index contributed by atoms with van der Waals surface area (Å²) in [5.41, 5.74) is 0. The SMILES string of the molecule is C=CCC(NC(=O)NCCCOCCOC)C(=O)O. The molecule has 0 rings (SSSR count). The molecule has 0 saturated heterocycles. The van der Waals surface area contributed by atoms with Gasteiger partial charge in [0.2, 0.25) is 0 Å². The second-order valence-electron chi connectivity index (χ2n) is 3.77. The number of hydrogen-bond donors (Lipinski definition) is 3. The number of methoxy groups -OCH3 is 1. The van der Waals surface area contributed by atoms with Crippen LogP contribution in [0.5, 0.6) is 0 Å². The molecule has 1 unspecified atom stereocenters. The molecule has 2 amide bonds. The minimum absolute atomic E-state index is 0.183. The molecule has 1 atom stereocenters. The van der Waals surface area contributed by atoms with E-state index in [-0.39, 0.29) is 6.42 Å². The van der Waals surface area contributed by atoms with E-state index in [0.29, 0.717) is 32.8 Å². The van der Waals surface area contributed by atoms with Crippen molar-refractivity contribution in [2.45, 2.75) is 18.9 Å². The zero-order chi connectivity index (χ0) is 14.5. The second-order valence-corrected chi connectivity index (χ2v) is 3.77. The Hall–Kier alpha value is -1.60. The number of ether oxygens (including phenoxy) is 2. The van der Waals surface area contributed by atoms with Crippen molar-refractivity contribution in [3.63, 3.8) is 0 Å². The summed E-state index contributed by atoms with van der Waals surface area (Å²) in [5, 5.41) is 13.7. The lowest BCUT2D eigenvalue weighted by atomic mass is 10.2. The Kier molecular flexibility index (Phi) is 10.5. The number of aliphatic carboxylic acids is 1. The van der Waals surface area contributed by atoms with E-state index in [2.05, 4.69) is 17.2 Å². The van der Waals surface area contributed by atoms with E-state index in [0.717, 1.165) is 0 Å². The molecule has 110 valence electrons. The molecule has 0 aromatic heterocycles. The van der Waals surface area contributed by atoms with Crippen molar-refractivity contribution in [1.29, 1.82) is 0 Å². The van der Waals surface area contributed by atoms with Gasteiger partial charge in [-0.15, -0.1) is 6.58 Å². The number of carboxylic acids is 1. The highest BCUT2D eigenvalue weighted by atomic mass is 16.5. The minimum atomic E-state index is -1.09. The van der Waals surface area contributed by atoms with Crippen LogP contribution in [0.1, 0.15) is 12.8 Å². The molecule has 3 N–H and O–H groups in total. The molecular formula is C12H22N2O5. The summed E-state index contributed by atoms with van der Waals surface area (Å²) >= 11 is 0. The Morgan fingerprint density at radius 1 is 1.37 bits per heavy atom. The second kappa shape index (κ2) is 11.5. The van der Waals surface area contributed by atoms with Crippen LogP contribution in [0.15, 0.2) is 12.7 Å². The maximum absolute atomic E-state index is 11.4. The van der Waals surface area contributed by atoms with E-state index in [1.165, 1.54) is 6.08 Å². The van der Waals surface area contributed by atoms with Crippen LogP contribution in [0.3, 0.4) is 0 Å². The van der Waals surface area contributed by atoms with Gasteiger partial charge in [0.25, 0.3) is 0 Å². The Balaban J connectivity index is 3.62. The van der Waals surface area contributed by atoms with E-state index in [1.807, 2.05) is 0 Å². The predicted octanol–water partition coefficient (Wildman–Crippen LogP) is 0.368. The van der Waals surface area contributed by atoms with Gasteiger partial charge in [0.1, 0.15) is 6.04 Å². The average molecular weight is 274 g/mol. The quantitative estimate of drug-likeness (QED) is 0.373. The smallest absolute Gasteiger partial charge is 0.326 e. The first kappa shape index (κ1) is 17.4. The molecule has 0 spiro atoms. The average Bonchev–Trinajstić information content (AvgIpc) is 2.37. The van der Waals surface area contributed by atoms with Crippen molar-refractivity contribution in [3.8, 4) is 0 Å². The molecule has 7 heteroatoms. The first-order chi connectivity index (χ1) is 9.11. The van der Waals surface area contributed by atoms with E-state index in [1.54, 1.807) is 7.11 Å². The Morgan fingerprint density at radius 3 is 2.68 bits per heavy atom. The van der Waals surface area contributed by atoms with Crippen molar-refractivity contribution in [2.75, 3.05) is 33.5 Å². The lowest BCUT2D eigenvalue weighted by Crippen LogP contribution is -2.46. The van der Waals surface area contributed by atoms with Gasteiger partial charge in [-0.05, 0) is 12.8 Å². The number of carbonyl (C=O) groups is 2. The topological polar surface area (TPSA) is 96.9 Å². The number of carbonyl (C=O) groups excluding carboxylic acids is 1. The van der Waals surface area contributed by atoms with Crippen molar-refractivity contribution in [1.82, 2.24) is 10.6 Å². The third-order valence-corrected chi connectivity index (χ3v) is 2.19. The van der Waals surface area contributed by atoms with Gasteiger partial charge >= 0.3 is 12.0 Å². The Bertz CT molecular complexity index is 283. The molecule has 7 nitrogen and oxygen atoms in total. The van der Waals surface area contributed by atoms with Crippen LogP contribution in [0, 0.1) is 0 Å². The number of carboxylic acid groups (broad SMARTS) is 1. The Labute approximate surface area is 113 Å². The fraction of sp³-hybridized carbons (Fsp3) is 0.667. The number of amides is 2. The van der Waals surface area contributed by atoms with Crippen molar-refractivity contribution in [3.05, 3.63) is 12.7 Å². The lowest BCUT2D eigenvalue weighted by molar-refractivity contribution is -0.139. The molecule has 0 aliphatic rings. The number of rotatable bonds is 11. The van der Waals surface area contributed by atoms with Crippen molar-refractivity contribution in [2.24, 2.45) is 0 Å². The van der Waals surface area contributed by atoms with Crippen LogP contribution < -0.4 is 10.6 Å². The van der Waals surface area contributed by atoms with Gasteiger partial charge in [0.05, 0.1) is 13.2 Å². The first-order valence-corrected chi connectivity index (χ1v) is 6.06. The highest BCUT2D eigenvalue weighted by molar-refractivity contribution is 5.82. The van der Waals surface area contributed by atoms with Gasteiger partial charge in [-0.2, -0.15) is 0 Å². The summed E-state index contributed by atoms with van der Waals surface area (Å²) < 4.78 is 10.0. The van der Waals surface area contributed by atoms with E-state index in [9.17, 15) is 9.59 Å². The summed E-state index contributed by atoms with van der Waals surface area (Å²) in [6.07, 6.45) is 2.28. The molecule has 19 heavy (non-hydrogen) atoms. The van der Waals surface area contributed by atoms with Gasteiger partial charge < -0.3 is 25.2 Å². The van der Waals surface area contributed by atoms with Crippen molar-refractivity contribution >= 4 is 12.0 Å². The molecule has 0 bridgehead atoms. The maximum atomic E-state index is 11.4. The molecule has 0 aliphatic heterocycles. The van der Waals surface area contributed by atoms with E-state index >= 15 is 0 Å². The number of urea groups is 1. The largest absolute Gasteiger partial charge is 0.480 e. The number of hydrogen-bond acceptors (Lipinski definition) is 4. The van der Waals surface area contributed by atoms with E-state index < -0.39 is 18.0 Å². The summed E-state index contributed by atoms with van der Waals surface area (Å²) in [6.45, 7) is 5.42. The first-order valence-electron chi connectivity index (χ1n) is 6.06. The molecular weight excluding hydrogens is 252 g/mol.